The normalized spacial score (nSPS) is 12.5. The zero-order chi connectivity index (χ0) is 52.2. The lowest BCUT2D eigenvalue weighted by Gasteiger charge is -2.18. The number of carbonyl (C=O) groups is 3. The summed E-state index contributed by atoms with van der Waals surface area (Å²) in [6.45, 7) is 6.53. The average molecular weight is 1010 g/mol. The van der Waals surface area contributed by atoms with Gasteiger partial charge in [0.1, 0.15) is 13.2 Å². The van der Waals surface area contributed by atoms with Crippen LogP contribution in [0.3, 0.4) is 0 Å². The van der Waals surface area contributed by atoms with E-state index in [1.807, 2.05) is 0 Å². The van der Waals surface area contributed by atoms with E-state index in [2.05, 4.69) is 93.7 Å². The van der Waals surface area contributed by atoms with Crippen molar-refractivity contribution in [3.63, 3.8) is 0 Å². The van der Waals surface area contributed by atoms with Crippen molar-refractivity contribution in [2.24, 2.45) is 0 Å². The predicted octanol–water partition coefficient (Wildman–Crippen LogP) is 20.9. The third-order valence-electron chi connectivity index (χ3n) is 13.5. The molecule has 0 rings (SSSR count). The molecular formula is C66H116O6. The van der Waals surface area contributed by atoms with Gasteiger partial charge in [-0.05, 0) is 70.6 Å². The molecule has 6 heteroatoms. The maximum absolute atomic E-state index is 12.9. The van der Waals surface area contributed by atoms with Crippen molar-refractivity contribution in [2.75, 3.05) is 13.2 Å². The fourth-order valence-corrected chi connectivity index (χ4v) is 8.86. The maximum Gasteiger partial charge on any atom is 0.306 e. The lowest BCUT2D eigenvalue weighted by Crippen LogP contribution is -2.30. The van der Waals surface area contributed by atoms with Crippen LogP contribution in [0, 0.1) is 0 Å². The third-order valence-corrected chi connectivity index (χ3v) is 13.5. The van der Waals surface area contributed by atoms with Gasteiger partial charge in [-0.3, -0.25) is 14.4 Å². The number of carbonyl (C=O) groups excluding carboxylic acids is 3. The van der Waals surface area contributed by atoms with Gasteiger partial charge in [-0.15, -0.1) is 0 Å². The van der Waals surface area contributed by atoms with Crippen molar-refractivity contribution in [3.8, 4) is 0 Å². The Morgan fingerprint density at radius 3 is 0.847 bits per heavy atom. The minimum Gasteiger partial charge on any atom is -0.462 e. The summed E-state index contributed by atoms with van der Waals surface area (Å²) in [7, 11) is 0. The Bertz CT molecular complexity index is 1340. The summed E-state index contributed by atoms with van der Waals surface area (Å²) >= 11 is 0. The Morgan fingerprint density at radius 1 is 0.292 bits per heavy atom. The molecule has 1 unspecified atom stereocenters. The highest BCUT2D eigenvalue weighted by atomic mass is 16.6. The molecule has 0 aliphatic heterocycles. The average Bonchev–Trinajstić information content (AvgIpc) is 3.38. The number of esters is 3. The Morgan fingerprint density at radius 2 is 0.542 bits per heavy atom. The highest BCUT2D eigenvalue weighted by Gasteiger charge is 2.19. The molecule has 0 aromatic heterocycles. The van der Waals surface area contributed by atoms with Crippen molar-refractivity contribution in [2.45, 2.75) is 316 Å². The molecule has 0 saturated heterocycles. The van der Waals surface area contributed by atoms with Crippen LogP contribution in [0.1, 0.15) is 310 Å². The molecule has 72 heavy (non-hydrogen) atoms. The molecule has 416 valence electrons. The monoisotopic (exact) mass is 1000 g/mol. The molecule has 0 spiro atoms. The fourth-order valence-electron chi connectivity index (χ4n) is 8.86. The second-order valence-corrected chi connectivity index (χ2v) is 20.6. The van der Waals surface area contributed by atoms with Crippen LogP contribution in [0.15, 0.2) is 72.9 Å². The third kappa shape index (κ3) is 57.7. The van der Waals surface area contributed by atoms with Crippen molar-refractivity contribution in [1.29, 1.82) is 0 Å². The quantitative estimate of drug-likeness (QED) is 0.0261. The van der Waals surface area contributed by atoms with Gasteiger partial charge >= 0.3 is 17.9 Å². The molecule has 0 aliphatic rings. The molecule has 1 atom stereocenters. The molecular weight excluding hydrogens is 889 g/mol. The Hall–Kier alpha value is -3.15. The number of hydrogen-bond donors (Lipinski definition) is 0. The summed E-state index contributed by atoms with van der Waals surface area (Å²) in [6.07, 6.45) is 77.7. The molecule has 0 radical (unpaired) electrons. The zero-order valence-electron chi connectivity index (χ0n) is 47.7. The van der Waals surface area contributed by atoms with E-state index in [1.165, 1.54) is 161 Å². The van der Waals surface area contributed by atoms with Gasteiger partial charge in [0, 0.05) is 19.3 Å². The Balaban J connectivity index is 4.31. The summed E-state index contributed by atoms with van der Waals surface area (Å²) in [5.41, 5.74) is 0. The minimum absolute atomic E-state index is 0.0798. The maximum atomic E-state index is 12.9. The molecule has 0 N–H and O–H groups in total. The molecule has 0 fully saturated rings. The second-order valence-electron chi connectivity index (χ2n) is 20.6. The molecule has 0 aromatic carbocycles. The SMILES string of the molecule is CC/C=C\C/C=C\C/C=C\C/C=C\C/C=C\C/C=C\CCCCCCC(=O)OCC(COC(=O)CCCCCCCCCCCC)OC(=O)CCCCCCCCCCCCCCCCCCCCCCC. The smallest absolute Gasteiger partial charge is 0.306 e. The van der Waals surface area contributed by atoms with Crippen LogP contribution in [0.2, 0.25) is 0 Å². The summed E-state index contributed by atoms with van der Waals surface area (Å²) in [4.78, 5) is 38.2. The van der Waals surface area contributed by atoms with Crippen molar-refractivity contribution in [3.05, 3.63) is 72.9 Å². The molecule has 0 saturated carbocycles. The first-order valence-electron chi connectivity index (χ1n) is 30.9. The van der Waals surface area contributed by atoms with Gasteiger partial charge in [0.25, 0.3) is 0 Å². The van der Waals surface area contributed by atoms with Crippen LogP contribution in [0.25, 0.3) is 0 Å². The van der Waals surface area contributed by atoms with E-state index >= 15 is 0 Å². The summed E-state index contributed by atoms with van der Waals surface area (Å²) in [5, 5.41) is 0. The van der Waals surface area contributed by atoms with E-state index in [-0.39, 0.29) is 31.1 Å². The van der Waals surface area contributed by atoms with Gasteiger partial charge in [0.2, 0.25) is 0 Å². The predicted molar refractivity (Wildman–Crippen MR) is 311 cm³/mol. The number of unbranched alkanes of at least 4 members (excludes halogenated alkanes) is 33. The van der Waals surface area contributed by atoms with Gasteiger partial charge in [-0.25, -0.2) is 0 Å². The standard InChI is InChI=1S/C66H116O6/c1-4-7-10-13-16-19-22-24-26-28-30-32-33-35-36-38-40-42-44-47-50-53-56-59-65(68)71-62-63(61-70-64(67)58-55-52-49-46-21-18-15-12-9-6-3)72-66(69)60-57-54-51-48-45-43-41-39-37-34-31-29-27-25-23-20-17-14-11-8-5-2/h7,10,16,19,24,26,30,32,35-36,40,42,63H,4-6,8-9,11-15,17-18,20-23,25,27-29,31,33-34,37-39,41,43-62H2,1-3H3/b10-7-,19-16-,26-24-,32-30-,36-35-,42-40-. The van der Waals surface area contributed by atoms with E-state index < -0.39 is 6.10 Å². The Kier molecular flexibility index (Phi) is 57.8. The summed E-state index contributed by atoms with van der Waals surface area (Å²) in [5.74, 6) is -0.893. The van der Waals surface area contributed by atoms with Crippen molar-refractivity contribution < 1.29 is 28.6 Å². The van der Waals surface area contributed by atoms with Crippen LogP contribution in [-0.2, 0) is 28.6 Å². The van der Waals surface area contributed by atoms with Crippen LogP contribution in [0.5, 0.6) is 0 Å². The molecule has 0 aromatic rings. The second kappa shape index (κ2) is 60.4. The zero-order valence-corrected chi connectivity index (χ0v) is 47.7. The van der Waals surface area contributed by atoms with Crippen LogP contribution in [0.4, 0.5) is 0 Å². The van der Waals surface area contributed by atoms with Gasteiger partial charge < -0.3 is 14.2 Å². The largest absolute Gasteiger partial charge is 0.462 e. The number of hydrogen-bond acceptors (Lipinski definition) is 6. The molecule has 6 nitrogen and oxygen atoms in total. The minimum atomic E-state index is -0.783. The van der Waals surface area contributed by atoms with Crippen LogP contribution >= 0.6 is 0 Å². The Labute approximate surface area is 446 Å². The lowest BCUT2D eigenvalue weighted by molar-refractivity contribution is -0.167. The van der Waals surface area contributed by atoms with E-state index in [0.717, 1.165) is 109 Å². The van der Waals surface area contributed by atoms with E-state index in [4.69, 9.17) is 14.2 Å². The van der Waals surface area contributed by atoms with E-state index in [1.54, 1.807) is 0 Å². The molecule has 0 amide bonds. The van der Waals surface area contributed by atoms with Gasteiger partial charge in [0.15, 0.2) is 6.10 Å². The van der Waals surface area contributed by atoms with Crippen molar-refractivity contribution >= 4 is 17.9 Å². The fraction of sp³-hybridized carbons (Fsp3) is 0.773. The topological polar surface area (TPSA) is 78.9 Å². The first-order valence-corrected chi connectivity index (χ1v) is 30.9. The van der Waals surface area contributed by atoms with Crippen LogP contribution in [-0.4, -0.2) is 37.2 Å². The van der Waals surface area contributed by atoms with Crippen molar-refractivity contribution in [1.82, 2.24) is 0 Å². The van der Waals surface area contributed by atoms with E-state index in [0.29, 0.717) is 19.3 Å². The molecule has 0 heterocycles. The summed E-state index contributed by atoms with van der Waals surface area (Å²) in [6, 6.07) is 0. The summed E-state index contributed by atoms with van der Waals surface area (Å²) < 4.78 is 16.9. The highest BCUT2D eigenvalue weighted by Crippen LogP contribution is 2.17. The van der Waals surface area contributed by atoms with Gasteiger partial charge in [-0.1, -0.05) is 293 Å². The number of ether oxygens (including phenoxy) is 3. The lowest BCUT2D eigenvalue weighted by atomic mass is 10.0. The number of rotatable bonds is 56. The van der Waals surface area contributed by atoms with Gasteiger partial charge in [0.05, 0.1) is 0 Å². The first-order chi connectivity index (χ1) is 35.5. The molecule has 0 aliphatic carbocycles. The highest BCUT2D eigenvalue weighted by molar-refractivity contribution is 5.71. The van der Waals surface area contributed by atoms with Gasteiger partial charge in [-0.2, -0.15) is 0 Å². The number of allylic oxidation sites excluding steroid dienone is 12. The van der Waals surface area contributed by atoms with E-state index in [9.17, 15) is 14.4 Å². The van der Waals surface area contributed by atoms with Crippen LogP contribution < -0.4 is 0 Å². The molecule has 0 bridgehead atoms. The first kappa shape index (κ1) is 68.8.